The summed E-state index contributed by atoms with van der Waals surface area (Å²) in [6.45, 7) is 1.61. The van der Waals surface area contributed by atoms with Crippen LogP contribution in [-0.4, -0.2) is 46.4 Å². The maximum Gasteiger partial charge on any atom is 0.490 e. The second kappa shape index (κ2) is 7.91. The third-order valence-electron chi connectivity index (χ3n) is 4.29. The molecule has 156 valence electrons. The topological polar surface area (TPSA) is 132 Å². The fourth-order valence-corrected chi connectivity index (χ4v) is 3.32. The Labute approximate surface area is 167 Å². The van der Waals surface area contributed by atoms with Crippen molar-refractivity contribution in [3.05, 3.63) is 23.2 Å². The Morgan fingerprint density at radius 2 is 2.03 bits per heavy atom. The highest BCUT2D eigenvalue weighted by Gasteiger charge is 2.38. The molecule has 1 saturated heterocycles. The number of anilines is 2. The van der Waals surface area contributed by atoms with Gasteiger partial charge in [0.1, 0.15) is 11.1 Å². The Hall–Kier alpha value is -2.79. The van der Waals surface area contributed by atoms with Gasteiger partial charge in [0.05, 0.1) is 10.4 Å². The van der Waals surface area contributed by atoms with E-state index in [0.29, 0.717) is 27.5 Å². The summed E-state index contributed by atoms with van der Waals surface area (Å²) in [5, 5.41) is 8.49. The summed E-state index contributed by atoms with van der Waals surface area (Å²) >= 11 is 6.30. The molecular weight excluding hydrogens is 415 g/mol. The number of carboxylic acids is 1. The van der Waals surface area contributed by atoms with E-state index in [1.807, 2.05) is 18.2 Å². The number of rotatable bonds is 1. The molecule has 1 aliphatic heterocycles. The molecule has 0 spiro atoms. The minimum atomic E-state index is -5.08. The standard InChI is InChI=1S/C15H16ClN5O.C2HF3O2/c16-9-4-1-5-10-11(9)12-13(22-10)14(20-15(18)19-12)21-6-2-3-8(17)7-21;3-2(4,5)1(6)7/h1,4-5,8H,2-3,6-7,17H2,(H2,18,19,20);(H,6,7)/t8-;/m0./s1. The van der Waals surface area contributed by atoms with E-state index in [1.54, 1.807) is 0 Å². The van der Waals surface area contributed by atoms with Gasteiger partial charge in [-0.25, -0.2) is 9.78 Å². The number of fused-ring (bicyclic) bond motifs is 3. The predicted octanol–water partition coefficient (Wildman–Crippen LogP) is 3.17. The number of carboxylic acid groups (broad SMARTS) is 1. The Kier molecular flexibility index (Phi) is 5.71. The van der Waals surface area contributed by atoms with E-state index in [9.17, 15) is 13.2 Å². The molecule has 29 heavy (non-hydrogen) atoms. The minimum Gasteiger partial charge on any atom is -0.475 e. The van der Waals surface area contributed by atoms with Crippen molar-refractivity contribution in [1.82, 2.24) is 9.97 Å². The monoisotopic (exact) mass is 431 g/mol. The molecule has 1 aromatic carbocycles. The van der Waals surface area contributed by atoms with Crippen LogP contribution in [0.4, 0.5) is 24.9 Å². The molecule has 1 aliphatic rings. The lowest BCUT2D eigenvalue weighted by Crippen LogP contribution is -2.43. The van der Waals surface area contributed by atoms with Crippen molar-refractivity contribution in [2.24, 2.45) is 5.73 Å². The van der Waals surface area contributed by atoms with Crippen molar-refractivity contribution in [2.75, 3.05) is 23.7 Å². The molecule has 0 radical (unpaired) electrons. The highest BCUT2D eigenvalue weighted by molar-refractivity contribution is 6.37. The molecule has 4 rings (SSSR count). The molecule has 0 bridgehead atoms. The summed E-state index contributed by atoms with van der Waals surface area (Å²) in [5.74, 6) is -1.85. The number of nitrogen functional groups attached to an aromatic ring is 1. The Morgan fingerprint density at radius 3 is 2.66 bits per heavy atom. The van der Waals surface area contributed by atoms with Crippen LogP contribution in [0.1, 0.15) is 12.8 Å². The predicted molar refractivity (Wildman–Crippen MR) is 102 cm³/mol. The Balaban J connectivity index is 0.000000298. The quantitative estimate of drug-likeness (QED) is 0.535. The molecule has 1 fully saturated rings. The number of hydrogen-bond acceptors (Lipinski definition) is 7. The molecule has 12 heteroatoms. The van der Waals surface area contributed by atoms with Crippen LogP contribution >= 0.6 is 11.6 Å². The van der Waals surface area contributed by atoms with E-state index in [2.05, 4.69) is 14.9 Å². The van der Waals surface area contributed by atoms with E-state index in [4.69, 9.17) is 37.4 Å². The van der Waals surface area contributed by atoms with E-state index in [-0.39, 0.29) is 12.0 Å². The van der Waals surface area contributed by atoms with Crippen LogP contribution < -0.4 is 16.4 Å². The van der Waals surface area contributed by atoms with Crippen LogP contribution in [0.2, 0.25) is 5.02 Å². The van der Waals surface area contributed by atoms with Gasteiger partial charge in [0, 0.05) is 19.1 Å². The lowest BCUT2D eigenvalue weighted by atomic mass is 10.1. The molecule has 2 aromatic heterocycles. The fourth-order valence-electron chi connectivity index (χ4n) is 3.06. The third kappa shape index (κ3) is 4.46. The Bertz CT molecular complexity index is 1060. The van der Waals surface area contributed by atoms with Crippen molar-refractivity contribution in [3.8, 4) is 0 Å². The molecule has 0 unspecified atom stereocenters. The molecule has 3 aromatic rings. The number of furan rings is 1. The van der Waals surface area contributed by atoms with Gasteiger partial charge in [0.2, 0.25) is 5.95 Å². The fraction of sp³-hybridized carbons (Fsp3) is 0.353. The van der Waals surface area contributed by atoms with Crippen LogP contribution in [0.3, 0.4) is 0 Å². The van der Waals surface area contributed by atoms with Gasteiger partial charge in [-0.15, -0.1) is 0 Å². The zero-order valence-electron chi connectivity index (χ0n) is 14.9. The first kappa shape index (κ1) is 20.9. The number of aromatic nitrogens is 2. The van der Waals surface area contributed by atoms with Gasteiger partial charge in [-0.05, 0) is 25.0 Å². The van der Waals surface area contributed by atoms with Gasteiger partial charge in [-0.3, -0.25) is 0 Å². The molecular formula is C17H17ClF3N5O3. The van der Waals surface area contributed by atoms with Gasteiger partial charge in [-0.1, -0.05) is 17.7 Å². The SMILES string of the molecule is Nc1nc(N2CCC[C@H](N)C2)c2oc3cccc(Cl)c3c2n1.O=C(O)C(F)(F)F. The summed E-state index contributed by atoms with van der Waals surface area (Å²) in [6.07, 6.45) is -3.04. The molecule has 8 nitrogen and oxygen atoms in total. The first-order valence-corrected chi connectivity index (χ1v) is 8.90. The Morgan fingerprint density at radius 1 is 1.34 bits per heavy atom. The van der Waals surface area contributed by atoms with Crippen molar-refractivity contribution in [3.63, 3.8) is 0 Å². The summed E-state index contributed by atoms with van der Waals surface area (Å²) in [4.78, 5) is 19.7. The molecule has 0 amide bonds. The summed E-state index contributed by atoms with van der Waals surface area (Å²) in [7, 11) is 0. The summed E-state index contributed by atoms with van der Waals surface area (Å²) in [6, 6.07) is 5.66. The number of nitrogens with zero attached hydrogens (tertiary/aromatic N) is 3. The van der Waals surface area contributed by atoms with E-state index in [1.165, 1.54) is 0 Å². The van der Waals surface area contributed by atoms with Gasteiger partial charge in [0.15, 0.2) is 11.4 Å². The van der Waals surface area contributed by atoms with Gasteiger partial charge >= 0.3 is 12.1 Å². The van der Waals surface area contributed by atoms with Crippen LogP contribution in [0.15, 0.2) is 22.6 Å². The van der Waals surface area contributed by atoms with Crippen LogP contribution in [0.25, 0.3) is 22.1 Å². The highest BCUT2D eigenvalue weighted by atomic mass is 35.5. The number of halogens is 4. The van der Waals surface area contributed by atoms with Crippen molar-refractivity contribution in [2.45, 2.75) is 25.1 Å². The number of piperidine rings is 1. The zero-order valence-corrected chi connectivity index (χ0v) is 15.7. The number of benzene rings is 1. The maximum absolute atomic E-state index is 10.6. The molecule has 3 heterocycles. The summed E-state index contributed by atoms with van der Waals surface area (Å²) in [5.41, 5.74) is 13.9. The first-order chi connectivity index (χ1) is 13.6. The molecule has 5 N–H and O–H groups in total. The smallest absolute Gasteiger partial charge is 0.475 e. The summed E-state index contributed by atoms with van der Waals surface area (Å²) < 4.78 is 37.7. The molecule has 1 atom stereocenters. The van der Waals surface area contributed by atoms with Crippen LogP contribution in [0.5, 0.6) is 0 Å². The molecule has 0 aliphatic carbocycles. The van der Waals surface area contributed by atoms with Gasteiger partial charge in [-0.2, -0.15) is 18.2 Å². The number of alkyl halides is 3. The van der Waals surface area contributed by atoms with Crippen molar-refractivity contribution in [1.29, 1.82) is 0 Å². The minimum absolute atomic E-state index is 0.132. The van der Waals surface area contributed by atoms with E-state index < -0.39 is 12.1 Å². The number of hydrogen-bond donors (Lipinski definition) is 3. The molecule has 0 saturated carbocycles. The number of nitrogens with two attached hydrogens (primary N) is 2. The second-order valence-electron chi connectivity index (χ2n) is 6.45. The average molecular weight is 432 g/mol. The number of carbonyl (C=O) groups is 1. The van der Waals surface area contributed by atoms with E-state index >= 15 is 0 Å². The normalized spacial score (nSPS) is 17.3. The lowest BCUT2D eigenvalue weighted by molar-refractivity contribution is -0.192. The maximum atomic E-state index is 10.6. The third-order valence-corrected chi connectivity index (χ3v) is 4.60. The zero-order chi connectivity index (χ0) is 21.3. The van der Waals surface area contributed by atoms with Gasteiger partial charge < -0.3 is 25.9 Å². The largest absolute Gasteiger partial charge is 0.490 e. The van der Waals surface area contributed by atoms with Crippen molar-refractivity contribution < 1.29 is 27.5 Å². The van der Waals surface area contributed by atoms with Crippen LogP contribution in [-0.2, 0) is 4.79 Å². The number of aliphatic carboxylic acids is 1. The highest BCUT2D eigenvalue weighted by Crippen LogP contribution is 2.37. The van der Waals surface area contributed by atoms with E-state index in [0.717, 1.165) is 31.3 Å². The van der Waals surface area contributed by atoms with Crippen LogP contribution in [0, 0.1) is 0 Å². The first-order valence-electron chi connectivity index (χ1n) is 8.52. The van der Waals surface area contributed by atoms with Gasteiger partial charge in [0.25, 0.3) is 0 Å². The van der Waals surface area contributed by atoms with Crippen molar-refractivity contribution >= 4 is 51.4 Å². The second-order valence-corrected chi connectivity index (χ2v) is 6.86. The average Bonchev–Trinajstić information content (AvgIpc) is 3.00. The lowest BCUT2D eigenvalue weighted by Gasteiger charge is -2.31.